The molecule has 2 rings (SSSR count). The summed E-state index contributed by atoms with van der Waals surface area (Å²) >= 11 is 0. The predicted molar refractivity (Wildman–Crippen MR) is 88.1 cm³/mol. The van der Waals surface area contributed by atoms with Crippen molar-refractivity contribution in [1.29, 1.82) is 0 Å². The summed E-state index contributed by atoms with van der Waals surface area (Å²) in [5.74, 6) is 6.33. The van der Waals surface area contributed by atoms with E-state index < -0.39 is 0 Å². The lowest BCUT2D eigenvalue weighted by Crippen LogP contribution is -2.45. The van der Waals surface area contributed by atoms with Crippen molar-refractivity contribution in [3.05, 3.63) is 35.4 Å². The van der Waals surface area contributed by atoms with Gasteiger partial charge in [0, 0.05) is 18.6 Å². The third-order valence-corrected chi connectivity index (χ3v) is 4.67. The summed E-state index contributed by atoms with van der Waals surface area (Å²) in [6.07, 6.45) is 3.48. The molecule has 0 aromatic heterocycles. The van der Waals surface area contributed by atoms with Crippen LogP contribution in [0.4, 0.5) is 0 Å². The van der Waals surface area contributed by atoms with Crippen LogP contribution < -0.4 is 11.3 Å². The minimum Gasteiger partial charge on any atom is -0.378 e. The molecule has 3 nitrogen and oxygen atoms in total. The average Bonchev–Trinajstić information content (AvgIpc) is 2.92. The lowest BCUT2D eigenvalue weighted by Gasteiger charge is -2.27. The lowest BCUT2D eigenvalue weighted by atomic mass is 9.84. The zero-order valence-corrected chi connectivity index (χ0v) is 13.9. The molecule has 118 valence electrons. The Morgan fingerprint density at radius 3 is 2.48 bits per heavy atom. The van der Waals surface area contributed by atoms with Crippen molar-refractivity contribution in [2.24, 2.45) is 11.8 Å². The van der Waals surface area contributed by atoms with E-state index in [1.54, 1.807) is 0 Å². The Labute approximate surface area is 129 Å². The molecule has 1 saturated heterocycles. The van der Waals surface area contributed by atoms with E-state index in [1.165, 1.54) is 11.1 Å². The number of hydrogen-bond donors (Lipinski definition) is 2. The van der Waals surface area contributed by atoms with E-state index in [0.717, 1.165) is 25.9 Å². The Morgan fingerprint density at radius 1 is 1.29 bits per heavy atom. The van der Waals surface area contributed by atoms with Crippen molar-refractivity contribution >= 4 is 0 Å². The standard InChI is InChI=1S/C18H30N2O/c1-5-17-15(10-11-21-17)16(20-19)12-13-6-8-14(9-7-13)18(2,3)4/h6-9,15-17,20H,5,10-12,19H2,1-4H3. The minimum absolute atomic E-state index is 0.205. The van der Waals surface area contributed by atoms with E-state index in [2.05, 4.69) is 57.4 Å². The van der Waals surface area contributed by atoms with Crippen LogP contribution in [0, 0.1) is 5.92 Å². The average molecular weight is 290 g/mol. The van der Waals surface area contributed by atoms with Crippen LogP contribution in [0.5, 0.6) is 0 Å². The van der Waals surface area contributed by atoms with E-state index in [0.29, 0.717) is 12.0 Å². The highest BCUT2D eigenvalue weighted by molar-refractivity contribution is 5.28. The SMILES string of the molecule is CCC1OCCC1C(Cc1ccc(C(C)(C)C)cc1)NN. The van der Waals surface area contributed by atoms with Gasteiger partial charge in [-0.15, -0.1) is 0 Å². The second-order valence-corrected chi connectivity index (χ2v) is 7.19. The number of benzene rings is 1. The predicted octanol–water partition coefficient (Wildman–Crippen LogP) is 3.17. The second kappa shape index (κ2) is 6.91. The molecular weight excluding hydrogens is 260 g/mol. The first-order chi connectivity index (χ1) is 9.95. The third-order valence-electron chi connectivity index (χ3n) is 4.67. The molecule has 3 atom stereocenters. The fourth-order valence-corrected chi connectivity index (χ4v) is 3.27. The van der Waals surface area contributed by atoms with E-state index >= 15 is 0 Å². The molecule has 1 aliphatic heterocycles. The van der Waals surface area contributed by atoms with Crippen molar-refractivity contribution < 1.29 is 4.74 Å². The summed E-state index contributed by atoms with van der Waals surface area (Å²) in [4.78, 5) is 0. The number of hydrogen-bond acceptors (Lipinski definition) is 3. The Bertz CT molecular complexity index is 436. The first-order valence-corrected chi connectivity index (χ1v) is 8.13. The van der Waals surface area contributed by atoms with Gasteiger partial charge in [0.2, 0.25) is 0 Å². The van der Waals surface area contributed by atoms with Crippen LogP contribution in [-0.4, -0.2) is 18.8 Å². The molecule has 1 fully saturated rings. The summed E-state index contributed by atoms with van der Waals surface area (Å²) < 4.78 is 5.80. The molecule has 3 unspecified atom stereocenters. The van der Waals surface area contributed by atoms with Gasteiger partial charge < -0.3 is 4.74 Å². The molecule has 0 bridgehead atoms. The highest BCUT2D eigenvalue weighted by Gasteiger charge is 2.33. The lowest BCUT2D eigenvalue weighted by molar-refractivity contribution is 0.0775. The molecule has 21 heavy (non-hydrogen) atoms. The molecule has 0 saturated carbocycles. The summed E-state index contributed by atoms with van der Waals surface area (Å²) in [5, 5.41) is 0. The number of nitrogens with two attached hydrogens (primary N) is 1. The van der Waals surface area contributed by atoms with E-state index in [1.807, 2.05) is 0 Å². The molecular formula is C18H30N2O. The molecule has 3 heteroatoms. The Morgan fingerprint density at radius 2 is 1.95 bits per heavy atom. The number of rotatable bonds is 5. The third kappa shape index (κ3) is 4.06. The van der Waals surface area contributed by atoms with Crippen LogP contribution in [0.25, 0.3) is 0 Å². The van der Waals surface area contributed by atoms with E-state index in [-0.39, 0.29) is 11.5 Å². The van der Waals surface area contributed by atoms with Crippen molar-refractivity contribution in [3.63, 3.8) is 0 Å². The van der Waals surface area contributed by atoms with Crippen LogP contribution >= 0.6 is 0 Å². The van der Waals surface area contributed by atoms with Gasteiger partial charge in [0.1, 0.15) is 0 Å². The number of nitrogens with one attached hydrogen (secondary N) is 1. The fourth-order valence-electron chi connectivity index (χ4n) is 3.27. The molecule has 0 amide bonds. The summed E-state index contributed by atoms with van der Waals surface area (Å²) in [6.45, 7) is 9.79. The van der Waals surface area contributed by atoms with Crippen molar-refractivity contribution in [1.82, 2.24) is 5.43 Å². The van der Waals surface area contributed by atoms with Gasteiger partial charge in [-0.1, -0.05) is 52.0 Å². The zero-order valence-electron chi connectivity index (χ0n) is 13.9. The normalized spacial score (nSPS) is 24.2. The van der Waals surface area contributed by atoms with Gasteiger partial charge in [-0.25, -0.2) is 0 Å². The maximum atomic E-state index is 5.81. The smallest absolute Gasteiger partial charge is 0.0617 e. The number of hydrazine groups is 1. The zero-order chi connectivity index (χ0) is 15.5. The van der Waals surface area contributed by atoms with E-state index in [9.17, 15) is 0 Å². The van der Waals surface area contributed by atoms with Crippen LogP contribution in [0.15, 0.2) is 24.3 Å². The molecule has 1 aromatic carbocycles. The van der Waals surface area contributed by atoms with Crippen molar-refractivity contribution in [2.75, 3.05) is 6.61 Å². The number of ether oxygens (including phenoxy) is 1. The van der Waals surface area contributed by atoms with Crippen LogP contribution in [-0.2, 0) is 16.6 Å². The molecule has 0 radical (unpaired) electrons. The highest BCUT2D eigenvalue weighted by atomic mass is 16.5. The summed E-state index contributed by atoms with van der Waals surface area (Å²) in [7, 11) is 0. The van der Waals surface area contributed by atoms with Gasteiger partial charge in [0.15, 0.2) is 0 Å². The Kier molecular flexibility index (Phi) is 5.42. The quantitative estimate of drug-likeness (QED) is 0.647. The molecule has 1 aliphatic rings. The maximum Gasteiger partial charge on any atom is 0.0617 e. The monoisotopic (exact) mass is 290 g/mol. The van der Waals surface area contributed by atoms with Crippen LogP contribution in [0.2, 0.25) is 0 Å². The second-order valence-electron chi connectivity index (χ2n) is 7.19. The van der Waals surface area contributed by atoms with E-state index in [4.69, 9.17) is 10.6 Å². The van der Waals surface area contributed by atoms with Gasteiger partial charge in [0.05, 0.1) is 6.10 Å². The summed E-state index contributed by atoms with van der Waals surface area (Å²) in [6, 6.07) is 9.25. The topological polar surface area (TPSA) is 47.3 Å². The van der Waals surface area contributed by atoms with Gasteiger partial charge in [-0.05, 0) is 35.8 Å². The highest BCUT2D eigenvalue weighted by Crippen LogP contribution is 2.28. The minimum atomic E-state index is 0.205. The first-order valence-electron chi connectivity index (χ1n) is 8.13. The largest absolute Gasteiger partial charge is 0.378 e. The molecule has 0 spiro atoms. The van der Waals surface area contributed by atoms with Crippen molar-refractivity contribution in [3.8, 4) is 0 Å². The molecule has 1 heterocycles. The maximum absolute atomic E-state index is 5.81. The molecule has 1 aromatic rings. The Hall–Kier alpha value is -0.900. The van der Waals surface area contributed by atoms with Crippen molar-refractivity contribution in [2.45, 2.75) is 64.5 Å². The molecule has 3 N–H and O–H groups in total. The van der Waals surface area contributed by atoms with Crippen LogP contribution in [0.1, 0.15) is 51.7 Å². The first kappa shape index (κ1) is 16.5. The summed E-state index contributed by atoms with van der Waals surface area (Å²) in [5.41, 5.74) is 5.94. The van der Waals surface area contributed by atoms with Gasteiger partial charge >= 0.3 is 0 Å². The Balaban J connectivity index is 2.05. The van der Waals surface area contributed by atoms with Gasteiger partial charge in [-0.2, -0.15) is 0 Å². The fraction of sp³-hybridized carbons (Fsp3) is 0.667. The van der Waals surface area contributed by atoms with Gasteiger partial charge in [-0.3, -0.25) is 11.3 Å². The van der Waals surface area contributed by atoms with Gasteiger partial charge in [0.25, 0.3) is 0 Å². The van der Waals surface area contributed by atoms with Crippen LogP contribution in [0.3, 0.4) is 0 Å². The molecule has 0 aliphatic carbocycles.